The van der Waals surface area contributed by atoms with E-state index >= 15 is 0 Å². The van der Waals surface area contributed by atoms with Gasteiger partial charge in [0.15, 0.2) is 5.78 Å². The lowest BCUT2D eigenvalue weighted by molar-refractivity contribution is -0.113. The number of hydrogen-bond acceptors (Lipinski definition) is 6. The van der Waals surface area contributed by atoms with Gasteiger partial charge in [-0.1, -0.05) is 53.7 Å². The summed E-state index contributed by atoms with van der Waals surface area (Å²) >= 11 is 1.19. The van der Waals surface area contributed by atoms with Crippen LogP contribution < -0.4 is 10.6 Å². The van der Waals surface area contributed by atoms with Gasteiger partial charge in [-0.15, -0.1) is 0 Å². The maximum atomic E-state index is 14.2. The van der Waals surface area contributed by atoms with Gasteiger partial charge < -0.3 is 15.1 Å². The number of halogens is 1. The molecule has 2 N–H and O–H groups in total. The molecule has 0 aliphatic carbocycles. The number of para-hydroxylation sites is 1. The second kappa shape index (κ2) is 10.5. The third-order valence-electron chi connectivity index (χ3n) is 5.56. The fourth-order valence-electron chi connectivity index (χ4n) is 3.78. The van der Waals surface area contributed by atoms with Crippen molar-refractivity contribution in [1.29, 1.82) is 5.26 Å². The summed E-state index contributed by atoms with van der Waals surface area (Å²) in [5.74, 6) is -1.54. The zero-order chi connectivity index (χ0) is 24.9. The number of aryl methyl sites for hydroxylation is 1. The Balaban J connectivity index is 1.64. The van der Waals surface area contributed by atoms with Crippen LogP contribution in [0.4, 0.5) is 10.1 Å². The largest absolute Gasteiger partial charge is 0.468 e. The predicted molar refractivity (Wildman–Crippen MR) is 133 cm³/mol. The molecule has 35 heavy (non-hydrogen) atoms. The van der Waals surface area contributed by atoms with Crippen LogP contribution in [-0.2, 0) is 4.79 Å². The van der Waals surface area contributed by atoms with Crippen molar-refractivity contribution in [3.8, 4) is 6.07 Å². The van der Waals surface area contributed by atoms with Crippen LogP contribution in [0.15, 0.2) is 93.2 Å². The highest BCUT2D eigenvalue weighted by molar-refractivity contribution is 8.03. The third-order valence-corrected chi connectivity index (χ3v) is 6.58. The number of dihydropyridines is 1. The number of thioether (sulfide) groups is 1. The Kier molecular flexibility index (Phi) is 7.18. The van der Waals surface area contributed by atoms with E-state index in [2.05, 4.69) is 16.7 Å². The van der Waals surface area contributed by atoms with Gasteiger partial charge in [-0.3, -0.25) is 9.59 Å². The molecule has 0 saturated carbocycles. The molecule has 4 rings (SSSR count). The molecule has 0 fully saturated rings. The van der Waals surface area contributed by atoms with Gasteiger partial charge in [0, 0.05) is 11.3 Å². The summed E-state index contributed by atoms with van der Waals surface area (Å²) in [7, 11) is 0. The number of nitriles is 1. The third kappa shape index (κ3) is 5.20. The predicted octanol–water partition coefficient (Wildman–Crippen LogP) is 5.68. The number of nitrogens with one attached hydrogen (secondary N) is 2. The van der Waals surface area contributed by atoms with Crippen molar-refractivity contribution in [3.05, 3.63) is 112 Å². The first-order valence-corrected chi connectivity index (χ1v) is 11.8. The van der Waals surface area contributed by atoms with Gasteiger partial charge in [0.25, 0.3) is 5.91 Å². The quantitative estimate of drug-likeness (QED) is 0.417. The molecule has 1 aromatic heterocycles. The normalized spacial score (nSPS) is 15.4. The van der Waals surface area contributed by atoms with Crippen LogP contribution >= 0.6 is 11.8 Å². The van der Waals surface area contributed by atoms with Crippen molar-refractivity contribution < 1.29 is 18.4 Å². The molecule has 176 valence electrons. The Hall–Kier alpha value is -4.09. The van der Waals surface area contributed by atoms with E-state index in [1.807, 2.05) is 19.1 Å². The number of Topliss-reactive ketones (excluding diaryl/α,β-unsaturated/α-hetero) is 1. The average Bonchev–Trinajstić information content (AvgIpc) is 3.38. The van der Waals surface area contributed by atoms with Crippen molar-refractivity contribution >= 4 is 29.1 Å². The second-order valence-corrected chi connectivity index (χ2v) is 8.96. The van der Waals surface area contributed by atoms with Gasteiger partial charge in [0.2, 0.25) is 0 Å². The molecule has 2 aromatic carbocycles. The Bertz CT molecular complexity index is 1370. The van der Waals surface area contributed by atoms with Crippen LogP contribution in [0, 0.1) is 24.1 Å². The summed E-state index contributed by atoms with van der Waals surface area (Å²) < 4.78 is 19.8. The maximum absolute atomic E-state index is 14.2. The van der Waals surface area contributed by atoms with Crippen molar-refractivity contribution in [3.63, 3.8) is 0 Å². The Morgan fingerprint density at radius 3 is 2.51 bits per heavy atom. The van der Waals surface area contributed by atoms with Crippen LogP contribution in [0.2, 0.25) is 0 Å². The lowest BCUT2D eigenvalue weighted by Crippen LogP contribution is -2.31. The number of rotatable bonds is 7. The molecule has 1 amide bonds. The van der Waals surface area contributed by atoms with Gasteiger partial charge in [-0.05, 0) is 38.1 Å². The van der Waals surface area contributed by atoms with Crippen LogP contribution in [-0.4, -0.2) is 17.4 Å². The number of allylic oxidation sites excluding steroid dienone is 2. The number of carbonyl (C=O) groups excluding carboxylic acids is 2. The molecule has 0 unspecified atom stereocenters. The van der Waals surface area contributed by atoms with Crippen LogP contribution in [0.25, 0.3) is 0 Å². The number of benzene rings is 2. The number of ketones is 1. The number of furan rings is 1. The van der Waals surface area contributed by atoms with Gasteiger partial charge >= 0.3 is 0 Å². The van der Waals surface area contributed by atoms with Gasteiger partial charge in [-0.25, -0.2) is 4.39 Å². The molecule has 2 heterocycles. The molecule has 0 bridgehead atoms. The smallest absolute Gasteiger partial charge is 0.254 e. The average molecular weight is 488 g/mol. The van der Waals surface area contributed by atoms with Crippen LogP contribution in [0.1, 0.15) is 34.5 Å². The molecule has 0 spiro atoms. The Morgan fingerprint density at radius 1 is 1.11 bits per heavy atom. The summed E-state index contributed by atoms with van der Waals surface area (Å²) in [4.78, 5) is 26.0. The van der Waals surface area contributed by atoms with Crippen molar-refractivity contribution in [1.82, 2.24) is 5.32 Å². The van der Waals surface area contributed by atoms with Crippen molar-refractivity contribution in [2.75, 3.05) is 11.1 Å². The number of anilines is 1. The van der Waals surface area contributed by atoms with Crippen molar-refractivity contribution in [2.45, 2.75) is 19.8 Å². The van der Waals surface area contributed by atoms with E-state index in [9.17, 15) is 19.2 Å². The van der Waals surface area contributed by atoms with E-state index in [4.69, 9.17) is 4.42 Å². The topological polar surface area (TPSA) is 95.1 Å². The molecular weight excluding hydrogens is 465 g/mol. The summed E-state index contributed by atoms with van der Waals surface area (Å²) in [5, 5.41) is 16.2. The first-order chi connectivity index (χ1) is 16.9. The van der Waals surface area contributed by atoms with E-state index in [0.29, 0.717) is 22.0 Å². The highest BCUT2D eigenvalue weighted by atomic mass is 32.2. The van der Waals surface area contributed by atoms with Gasteiger partial charge in [0.05, 0.1) is 45.9 Å². The van der Waals surface area contributed by atoms with E-state index < -0.39 is 17.6 Å². The standard InChI is InChI=1S/C27H22FN3O3S/c1-16-9-11-18(12-10-16)22(32)15-35-27-19(14-29)25(23-8-5-13-34-23)24(17(2)30-27)26(33)31-21-7-4-3-6-20(21)28/h3-13,25,30H,15H2,1-2H3,(H,31,33)/t25-/m0/s1. The summed E-state index contributed by atoms with van der Waals surface area (Å²) in [6, 6.07) is 18.7. The van der Waals surface area contributed by atoms with Crippen LogP contribution in [0.3, 0.4) is 0 Å². The van der Waals surface area contributed by atoms with Crippen LogP contribution in [0.5, 0.6) is 0 Å². The lowest BCUT2D eigenvalue weighted by atomic mass is 9.85. The number of hydrogen-bond donors (Lipinski definition) is 2. The fraction of sp³-hybridized carbons (Fsp3) is 0.148. The zero-order valence-electron chi connectivity index (χ0n) is 19.1. The number of amides is 1. The van der Waals surface area contributed by atoms with E-state index in [1.165, 1.54) is 36.2 Å². The SMILES string of the molecule is CC1=C(C(=O)Nc2ccccc2F)[C@H](c2ccco2)C(C#N)=C(SCC(=O)c2ccc(C)cc2)N1. The molecule has 0 saturated heterocycles. The maximum Gasteiger partial charge on any atom is 0.254 e. The van der Waals surface area contributed by atoms with E-state index in [0.717, 1.165) is 5.56 Å². The summed E-state index contributed by atoms with van der Waals surface area (Å²) in [6.45, 7) is 3.64. The van der Waals surface area contributed by atoms with Gasteiger partial charge in [-0.2, -0.15) is 5.26 Å². The first kappa shape index (κ1) is 24.0. The lowest BCUT2D eigenvalue weighted by Gasteiger charge is -2.28. The molecule has 6 nitrogen and oxygen atoms in total. The molecule has 1 atom stereocenters. The Labute approximate surface area is 206 Å². The minimum Gasteiger partial charge on any atom is -0.468 e. The number of nitrogens with zero attached hydrogens (tertiary/aromatic N) is 1. The number of carbonyl (C=O) groups is 2. The second-order valence-electron chi connectivity index (χ2n) is 7.98. The minimum atomic E-state index is -0.819. The highest BCUT2D eigenvalue weighted by Crippen LogP contribution is 2.41. The molecule has 0 radical (unpaired) electrons. The minimum absolute atomic E-state index is 0.0300. The molecule has 1 aliphatic heterocycles. The monoisotopic (exact) mass is 487 g/mol. The fourth-order valence-corrected chi connectivity index (χ4v) is 4.77. The van der Waals surface area contributed by atoms with Gasteiger partial charge in [0.1, 0.15) is 11.6 Å². The van der Waals surface area contributed by atoms with Crippen molar-refractivity contribution in [2.24, 2.45) is 0 Å². The molecule has 1 aliphatic rings. The Morgan fingerprint density at radius 2 is 1.86 bits per heavy atom. The first-order valence-electron chi connectivity index (χ1n) is 10.8. The molecule has 8 heteroatoms. The molecular formula is C27H22FN3O3S. The van der Waals surface area contributed by atoms with E-state index in [-0.39, 0.29) is 28.4 Å². The van der Waals surface area contributed by atoms with E-state index in [1.54, 1.807) is 37.3 Å². The zero-order valence-corrected chi connectivity index (χ0v) is 19.9. The summed E-state index contributed by atoms with van der Waals surface area (Å²) in [5.41, 5.74) is 2.62. The molecule has 3 aromatic rings. The summed E-state index contributed by atoms with van der Waals surface area (Å²) in [6.07, 6.45) is 1.46. The highest BCUT2D eigenvalue weighted by Gasteiger charge is 2.36.